The fraction of sp³-hybridized carbons (Fsp3) is 0.778. The van der Waals surface area contributed by atoms with E-state index in [0.29, 0.717) is 0 Å². The maximum atomic E-state index is 11.3. The highest BCUT2D eigenvalue weighted by Crippen LogP contribution is 2.04. The van der Waals surface area contributed by atoms with Crippen LogP contribution in [-0.2, 0) is 9.59 Å². The van der Waals surface area contributed by atoms with Crippen LogP contribution in [0.4, 0.5) is 0 Å². The van der Waals surface area contributed by atoms with Gasteiger partial charge in [-0.2, -0.15) is 0 Å². The third kappa shape index (κ3) is 8.26. The van der Waals surface area contributed by atoms with Gasteiger partial charge in [0.1, 0.15) is 6.04 Å². The van der Waals surface area contributed by atoms with Crippen molar-refractivity contribution >= 4 is 23.6 Å². The van der Waals surface area contributed by atoms with E-state index in [1.807, 2.05) is 20.8 Å². The van der Waals surface area contributed by atoms with E-state index in [-0.39, 0.29) is 23.0 Å². The molecule has 0 aromatic heterocycles. The fourth-order valence-corrected chi connectivity index (χ4v) is 1.58. The average molecular weight is 234 g/mol. The highest BCUT2D eigenvalue weighted by Gasteiger charge is 2.15. The summed E-state index contributed by atoms with van der Waals surface area (Å²) >= 11 is 1.22. The number of hydrogen-bond acceptors (Lipinski definition) is 4. The summed E-state index contributed by atoms with van der Waals surface area (Å²) in [5.74, 6) is -0.672. The molecule has 6 heteroatoms. The molecule has 0 aromatic rings. The first-order valence-corrected chi connectivity index (χ1v) is 5.75. The van der Waals surface area contributed by atoms with Crippen molar-refractivity contribution in [1.82, 2.24) is 5.32 Å². The Kier molecular flexibility index (Phi) is 5.67. The van der Waals surface area contributed by atoms with Crippen LogP contribution in [0.15, 0.2) is 0 Å². The van der Waals surface area contributed by atoms with E-state index in [9.17, 15) is 9.59 Å². The topological polar surface area (TPSA) is 92.4 Å². The third-order valence-electron chi connectivity index (χ3n) is 1.36. The molecule has 0 aliphatic carbocycles. The van der Waals surface area contributed by atoms with E-state index in [1.54, 1.807) is 0 Å². The molecule has 0 aliphatic heterocycles. The second-order valence-corrected chi connectivity index (χ2v) is 5.29. The number of nitrogens with two attached hydrogens (primary N) is 1. The van der Waals surface area contributed by atoms with Crippen molar-refractivity contribution in [3.05, 3.63) is 0 Å². The van der Waals surface area contributed by atoms with Crippen molar-refractivity contribution in [3.63, 3.8) is 0 Å². The average Bonchev–Trinajstić information content (AvgIpc) is 2.00. The van der Waals surface area contributed by atoms with Gasteiger partial charge in [-0.25, -0.2) is 0 Å². The maximum Gasteiger partial charge on any atom is 0.321 e. The number of rotatable bonds is 5. The molecule has 0 saturated carbocycles. The van der Waals surface area contributed by atoms with E-state index < -0.39 is 12.0 Å². The number of carbonyl (C=O) groups is 2. The Hall–Kier alpha value is -0.750. The molecule has 1 atom stereocenters. The van der Waals surface area contributed by atoms with Crippen molar-refractivity contribution in [1.29, 1.82) is 0 Å². The molecule has 0 aliphatic rings. The molecule has 15 heavy (non-hydrogen) atoms. The van der Waals surface area contributed by atoms with Crippen LogP contribution in [0.25, 0.3) is 0 Å². The highest BCUT2D eigenvalue weighted by molar-refractivity contribution is 8.00. The number of thioether (sulfide) groups is 1. The van der Waals surface area contributed by atoms with E-state index in [0.717, 1.165) is 0 Å². The number of carbonyl (C=O) groups excluding carboxylic acids is 1. The Morgan fingerprint density at radius 3 is 2.40 bits per heavy atom. The van der Waals surface area contributed by atoms with Crippen LogP contribution in [-0.4, -0.2) is 40.1 Å². The minimum absolute atomic E-state index is 0.106. The smallest absolute Gasteiger partial charge is 0.321 e. The third-order valence-corrected chi connectivity index (χ3v) is 2.42. The van der Waals surface area contributed by atoms with Gasteiger partial charge in [-0.3, -0.25) is 9.59 Å². The minimum Gasteiger partial charge on any atom is -0.480 e. The van der Waals surface area contributed by atoms with Crippen LogP contribution in [0.3, 0.4) is 0 Å². The second-order valence-electron chi connectivity index (χ2n) is 4.26. The molecular formula is C9H18N2O3S. The van der Waals surface area contributed by atoms with Crippen LogP contribution in [0.5, 0.6) is 0 Å². The predicted molar refractivity (Wildman–Crippen MR) is 60.8 cm³/mol. The number of nitrogens with one attached hydrogen (secondary N) is 1. The molecule has 0 rings (SSSR count). The molecule has 88 valence electrons. The number of carboxylic acids is 1. The summed E-state index contributed by atoms with van der Waals surface area (Å²) in [6.45, 7) is 5.66. The zero-order chi connectivity index (χ0) is 12.1. The van der Waals surface area contributed by atoms with Crippen LogP contribution in [0.1, 0.15) is 20.8 Å². The van der Waals surface area contributed by atoms with Gasteiger partial charge in [0.25, 0.3) is 0 Å². The van der Waals surface area contributed by atoms with Gasteiger partial charge in [0.2, 0.25) is 5.91 Å². The monoisotopic (exact) mass is 234 g/mol. The molecule has 0 saturated heterocycles. The van der Waals surface area contributed by atoms with Crippen molar-refractivity contribution in [3.8, 4) is 0 Å². The van der Waals surface area contributed by atoms with Gasteiger partial charge in [0.15, 0.2) is 0 Å². The summed E-state index contributed by atoms with van der Waals surface area (Å²) in [7, 11) is 0. The summed E-state index contributed by atoms with van der Waals surface area (Å²) in [6.07, 6.45) is 0. The van der Waals surface area contributed by atoms with Gasteiger partial charge in [-0.05, 0) is 20.8 Å². The zero-order valence-electron chi connectivity index (χ0n) is 9.24. The van der Waals surface area contributed by atoms with E-state index >= 15 is 0 Å². The number of amides is 1. The van der Waals surface area contributed by atoms with Gasteiger partial charge in [0.05, 0.1) is 5.75 Å². The van der Waals surface area contributed by atoms with Crippen LogP contribution < -0.4 is 11.1 Å². The molecule has 0 aromatic carbocycles. The molecule has 4 N–H and O–H groups in total. The van der Waals surface area contributed by atoms with Gasteiger partial charge >= 0.3 is 5.97 Å². The van der Waals surface area contributed by atoms with Crippen molar-refractivity contribution < 1.29 is 14.7 Å². The Morgan fingerprint density at radius 2 is 2.00 bits per heavy atom. The Morgan fingerprint density at radius 1 is 1.47 bits per heavy atom. The lowest BCUT2D eigenvalue weighted by molar-refractivity contribution is -0.138. The normalized spacial score (nSPS) is 13.3. The Labute approximate surface area is 93.8 Å². The lowest BCUT2D eigenvalue weighted by Gasteiger charge is -2.20. The number of aliphatic carboxylic acids is 1. The minimum atomic E-state index is -1.04. The van der Waals surface area contributed by atoms with Crippen molar-refractivity contribution in [2.24, 2.45) is 5.73 Å². The van der Waals surface area contributed by atoms with Crippen molar-refractivity contribution in [2.45, 2.75) is 32.4 Å². The molecular weight excluding hydrogens is 216 g/mol. The van der Waals surface area contributed by atoms with E-state index in [1.165, 1.54) is 11.8 Å². The Bertz CT molecular complexity index is 238. The predicted octanol–water partition coefficient (Wildman–Crippen LogP) is 0.0462. The van der Waals surface area contributed by atoms with Crippen LogP contribution >= 0.6 is 11.8 Å². The summed E-state index contributed by atoms with van der Waals surface area (Å²) < 4.78 is 0. The highest BCUT2D eigenvalue weighted by atomic mass is 32.2. The number of hydrogen-bond donors (Lipinski definition) is 3. The summed E-state index contributed by atoms with van der Waals surface area (Å²) in [5, 5.41) is 11.3. The Balaban J connectivity index is 3.69. The van der Waals surface area contributed by atoms with E-state index in [2.05, 4.69) is 5.32 Å². The van der Waals surface area contributed by atoms with Gasteiger partial charge in [-0.1, -0.05) is 0 Å². The summed E-state index contributed by atoms with van der Waals surface area (Å²) in [5.41, 5.74) is 5.02. The quantitative estimate of drug-likeness (QED) is 0.625. The largest absolute Gasteiger partial charge is 0.480 e. The van der Waals surface area contributed by atoms with E-state index in [4.69, 9.17) is 10.8 Å². The summed E-state index contributed by atoms with van der Waals surface area (Å²) in [4.78, 5) is 21.7. The molecule has 5 nitrogen and oxygen atoms in total. The fourth-order valence-electron chi connectivity index (χ4n) is 0.804. The molecule has 0 spiro atoms. The standard InChI is InChI=1S/C9H18N2O3S/c1-9(2,3)11-7(12)5-15-4-6(10)8(13)14/h6H,4-5,10H2,1-3H3,(H,11,12)(H,13,14)/t6-/m1/s1. The molecule has 0 heterocycles. The van der Waals surface area contributed by atoms with Gasteiger partial charge < -0.3 is 16.2 Å². The number of carboxylic acid groups (broad SMARTS) is 1. The van der Waals surface area contributed by atoms with Crippen LogP contribution in [0.2, 0.25) is 0 Å². The molecule has 1 amide bonds. The SMILES string of the molecule is CC(C)(C)NC(=O)CSC[C@@H](N)C(=O)O. The lowest BCUT2D eigenvalue weighted by Crippen LogP contribution is -2.42. The molecule has 0 bridgehead atoms. The molecule has 0 radical (unpaired) electrons. The van der Waals surface area contributed by atoms with Gasteiger partial charge in [0, 0.05) is 11.3 Å². The van der Waals surface area contributed by atoms with Crippen molar-refractivity contribution in [2.75, 3.05) is 11.5 Å². The zero-order valence-corrected chi connectivity index (χ0v) is 10.1. The second kappa shape index (κ2) is 5.97. The first kappa shape index (κ1) is 14.2. The van der Waals surface area contributed by atoms with Gasteiger partial charge in [-0.15, -0.1) is 11.8 Å². The molecule has 0 unspecified atom stereocenters. The first-order valence-electron chi connectivity index (χ1n) is 4.59. The molecule has 0 fully saturated rings. The van der Waals surface area contributed by atoms with Crippen LogP contribution in [0, 0.1) is 0 Å². The first-order chi connectivity index (χ1) is 6.72. The maximum absolute atomic E-state index is 11.3. The lowest BCUT2D eigenvalue weighted by atomic mass is 10.1. The summed E-state index contributed by atoms with van der Waals surface area (Å²) in [6, 6.07) is -0.905.